The van der Waals surface area contributed by atoms with E-state index < -0.39 is 0 Å². The second-order valence-electron chi connectivity index (χ2n) is 6.18. The molecular weight excluding hydrogens is 358 g/mol. The normalized spacial score (nSPS) is 10.4. The minimum Gasteiger partial charge on any atom is -0.497 e. The van der Waals surface area contributed by atoms with Crippen LogP contribution in [0, 0.1) is 25.2 Å². The Morgan fingerprint density at radius 1 is 1.26 bits per heavy atom. The van der Waals surface area contributed by atoms with Gasteiger partial charge < -0.3 is 10.1 Å². The van der Waals surface area contributed by atoms with E-state index in [1.807, 2.05) is 38.1 Å². The first-order valence-electron chi connectivity index (χ1n) is 8.39. The number of thioether (sulfide) groups is 1. The van der Waals surface area contributed by atoms with Crippen LogP contribution in [0.3, 0.4) is 0 Å². The van der Waals surface area contributed by atoms with Crippen molar-refractivity contribution in [2.75, 3.05) is 18.2 Å². The molecule has 1 amide bonds. The number of methoxy groups -OCH3 is 1. The summed E-state index contributed by atoms with van der Waals surface area (Å²) < 4.78 is 5.15. The molecule has 0 saturated carbocycles. The first-order valence-corrected chi connectivity index (χ1v) is 9.37. The minimum atomic E-state index is -0.167. The van der Waals surface area contributed by atoms with Crippen molar-refractivity contribution in [2.24, 2.45) is 0 Å². The third-order valence-corrected chi connectivity index (χ3v) is 5.02. The number of amides is 1. The van der Waals surface area contributed by atoms with Crippen LogP contribution in [0.1, 0.15) is 16.7 Å². The summed E-state index contributed by atoms with van der Waals surface area (Å²) >= 11 is 1.26. The lowest BCUT2D eigenvalue weighted by Crippen LogP contribution is -2.14. The van der Waals surface area contributed by atoms with Gasteiger partial charge in [0.1, 0.15) is 16.8 Å². The molecule has 2 aromatic carbocycles. The van der Waals surface area contributed by atoms with Gasteiger partial charge in [0.15, 0.2) is 0 Å². The van der Waals surface area contributed by atoms with E-state index in [2.05, 4.69) is 22.4 Å². The van der Waals surface area contributed by atoms with Crippen molar-refractivity contribution >= 4 is 34.3 Å². The number of anilines is 1. The number of rotatable bonds is 5. The molecular formula is C21H19N3O2S. The van der Waals surface area contributed by atoms with Gasteiger partial charge in [-0.25, -0.2) is 4.98 Å². The quantitative estimate of drug-likeness (QED) is 0.664. The zero-order valence-corrected chi connectivity index (χ0v) is 16.2. The summed E-state index contributed by atoms with van der Waals surface area (Å²) in [5.41, 5.74) is 4.18. The van der Waals surface area contributed by atoms with E-state index in [1.165, 1.54) is 11.8 Å². The van der Waals surface area contributed by atoms with Crippen molar-refractivity contribution < 1.29 is 9.53 Å². The van der Waals surface area contributed by atoms with E-state index in [4.69, 9.17) is 4.74 Å². The first-order chi connectivity index (χ1) is 13.0. The van der Waals surface area contributed by atoms with Crippen molar-refractivity contribution in [3.8, 4) is 11.8 Å². The van der Waals surface area contributed by atoms with E-state index in [-0.39, 0.29) is 11.7 Å². The molecule has 0 saturated heterocycles. The van der Waals surface area contributed by atoms with E-state index in [0.717, 1.165) is 22.0 Å². The maximum atomic E-state index is 12.3. The number of fused-ring (bicyclic) bond motifs is 1. The van der Waals surface area contributed by atoms with Crippen LogP contribution in [0.15, 0.2) is 47.5 Å². The lowest BCUT2D eigenvalue weighted by Gasteiger charge is -2.09. The fourth-order valence-electron chi connectivity index (χ4n) is 2.86. The van der Waals surface area contributed by atoms with Gasteiger partial charge in [-0.2, -0.15) is 5.26 Å². The Morgan fingerprint density at radius 2 is 2.07 bits per heavy atom. The predicted molar refractivity (Wildman–Crippen MR) is 108 cm³/mol. The maximum absolute atomic E-state index is 12.3. The molecule has 0 fully saturated rings. The predicted octanol–water partition coefficient (Wildman–Crippen LogP) is 4.46. The molecule has 6 heteroatoms. The zero-order chi connectivity index (χ0) is 19.4. The lowest BCUT2D eigenvalue weighted by atomic mass is 10.1. The summed E-state index contributed by atoms with van der Waals surface area (Å²) in [7, 11) is 1.58. The molecule has 0 atom stereocenters. The molecule has 0 radical (unpaired) electrons. The monoisotopic (exact) mass is 377 g/mol. The summed E-state index contributed by atoms with van der Waals surface area (Å²) in [5, 5.41) is 13.8. The SMILES string of the molecule is COc1cccc(NC(=O)CSc2nc3c(C)cc(C)cc3cc2C#N)c1. The molecule has 27 heavy (non-hydrogen) atoms. The maximum Gasteiger partial charge on any atom is 0.234 e. The highest BCUT2D eigenvalue weighted by Gasteiger charge is 2.12. The second-order valence-corrected chi connectivity index (χ2v) is 7.14. The van der Waals surface area contributed by atoms with Crippen LogP contribution in [0.5, 0.6) is 5.75 Å². The second kappa shape index (κ2) is 8.11. The van der Waals surface area contributed by atoms with Crippen molar-refractivity contribution in [2.45, 2.75) is 18.9 Å². The Hall–Kier alpha value is -3.04. The van der Waals surface area contributed by atoms with E-state index in [1.54, 1.807) is 19.2 Å². The van der Waals surface area contributed by atoms with Gasteiger partial charge in [0, 0.05) is 17.1 Å². The summed E-state index contributed by atoms with van der Waals surface area (Å²) in [4.78, 5) is 16.9. The molecule has 0 unspecified atom stereocenters. The molecule has 0 aliphatic carbocycles. The number of nitrogens with zero attached hydrogens (tertiary/aromatic N) is 2. The Bertz CT molecular complexity index is 1060. The van der Waals surface area contributed by atoms with Crippen molar-refractivity contribution in [3.63, 3.8) is 0 Å². The van der Waals surface area contributed by atoms with Crippen LogP contribution in [0.25, 0.3) is 10.9 Å². The van der Waals surface area contributed by atoms with Crippen molar-refractivity contribution in [1.29, 1.82) is 5.26 Å². The van der Waals surface area contributed by atoms with Crippen LogP contribution in [0.2, 0.25) is 0 Å². The van der Waals surface area contributed by atoms with Crippen LogP contribution in [0.4, 0.5) is 5.69 Å². The Balaban J connectivity index is 1.77. The third kappa shape index (κ3) is 4.39. The van der Waals surface area contributed by atoms with Crippen molar-refractivity contribution in [3.05, 3.63) is 59.2 Å². The summed E-state index contributed by atoms with van der Waals surface area (Å²) in [6, 6.07) is 15.3. The Kier molecular flexibility index (Phi) is 5.63. The van der Waals surface area contributed by atoms with Gasteiger partial charge in [0.05, 0.1) is 23.9 Å². The summed E-state index contributed by atoms with van der Waals surface area (Å²) in [5.74, 6) is 0.670. The van der Waals surface area contributed by atoms with Crippen LogP contribution in [-0.2, 0) is 4.79 Å². The average Bonchev–Trinajstić information content (AvgIpc) is 2.66. The number of nitrogens with one attached hydrogen (secondary N) is 1. The largest absolute Gasteiger partial charge is 0.497 e. The standard InChI is InChI=1S/C21H19N3O2S/c1-13-7-14(2)20-15(8-13)9-16(11-22)21(24-20)27-12-19(25)23-17-5-4-6-18(10-17)26-3/h4-10H,12H2,1-3H3,(H,23,25). The number of aromatic nitrogens is 1. The minimum absolute atomic E-state index is 0.162. The number of carbonyl (C=O) groups excluding carboxylic acids is 1. The number of nitriles is 1. The topological polar surface area (TPSA) is 75.0 Å². The van der Waals surface area contributed by atoms with E-state index in [9.17, 15) is 10.1 Å². The number of hydrogen-bond acceptors (Lipinski definition) is 5. The zero-order valence-electron chi connectivity index (χ0n) is 15.4. The Morgan fingerprint density at radius 3 is 2.81 bits per heavy atom. The number of hydrogen-bond donors (Lipinski definition) is 1. The first kappa shape index (κ1) is 18.7. The number of aryl methyl sites for hydroxylation is 2. The highest BCUT2D eigenvalue weighted by Crippen LogP contribution is 2.27. The molecule has 3 aromatic rings. The number of benzene rings is 2. The van der Waals surface area contributed by atoms with Gasteiger partial charge in [0.2, 0.25) is 5.91 Å². The van der Waals surface area contributed by atoms with Crippen LogP contribution < -0.4 is 10.1 Å². The van der Waals surface area contributed by atoms with Gasteiger partial charge in [-0.15, -0.1) is 0 Å². The highest BCUT2D eigenvalue weighted by molar-refractivity contribution is 8.00. The molecule has 0 aliphatic rings. The molecule has 5 nitrogen and oxygen atoms in total. The highest BCUT2D eigenvalue weighted by atomic mass is 32.2. The van der Waals surface area contributed by atoms with Gasteiger partial charge in [-0.05, 0) is 43.7 Å². The average molecular weight is 377 g/mol. The molecule has 0 bridgehead atoms. The van der Waals surface area contributed by atoms with Gasteiger partial charge in [-0.3, -0.25) is 4.79 Å². The molecule has 0 aliphatic heterocycles. The number of ether oxygens (including phenoxy) is 1. The van der Waals surface area contributed by atoms with Gasteiger partial charge in [-0.1, -0.05) is 29.5 Å². The van der Waals surface area contributed by atoms with Gasteiger partial charge >= 0.3 is 0 Å². The molecule has 0 spiro atoms. The fourth-order valence-corrected chi connectivity index (χ4v) is 3.61. The van der Waals surface area contributed by atoms with Gasteiger partial charge in [0.25, 0.3) is 0 Å². The lowest BCUT2D eigenvalue weighted by molar-refractivity contribution is -0.113. The molecule has 3 rings (SSSR count). The van der Waals surface area contributed by atoms with Crippen molar-refractivity contribution in [1.82, 2.24) is 4.98 Å². The van der Waals surface area contributed by atoms with Crippen LogP contribution in [-0.4, -0.2) is 23.8 Å². The smallest absolute Gasteiger partial charge is 0.234 e. The molecule has 136 valence electrons. The number of pyridine rings is 1. The van der Waals surface area contributed by atoms with E-state index >= 15 is 0 Å². The van der Waals surface area contributed by atoms with Crippen LogP contribution >= 0.6 is 11.8 Å². The fraction of sp³-hybridized carbons (Fsp3) is 0.190. The third-order valence-electron chi connectivity index (χ3n) is 4.03. The number of carbonyl (C=O) groups is 1. The summed E-state index contributed by atoms with van der Waals surface area (Å²) in [6.07, 6.45) is 0. The van der Waals surface area contributed by atoms with E-state index in [0.29, 0.717) is 22.0 Å². The molecule has 1 heterocycles. The molecule has 1 N–H and O–H groups in total. The molecule has 1 aromatic heterocycles. The summed E-state index contributed by atoms with van der Waals surface area (Å²) in [6.45, 7) is 4.02. The Labute approximate surface area is 162 Å².